The van der Waals surface area contributed by atoms with Crippen molar-refractivity contribution in [3.8, 4) is 11.3 Å². The van der Waals surface area contributed by atoms with Crippen molar-refractivity contribution in [2.45, 2.75) is 6.42 Å². The van der Waals surface area contributed by atoms with E-state index in [4.69, 9.17) is 4.52 Å². The van der Waals surface area contributed by atoms with Crippen molar-refractivity contribution in [3.63, 3.8) is 0 Å². The smallest absolute Gasteiger partial charge is 0.260 e. The minimum atomic E-state index is -0.327. The molecule has 2 aromatic heterocycles. The van der Waals surface area contributed by atoms with Gasteiger partial charge in [-0.1, -0.05) is 47.6 Å². The molecule has 0 saturated carbocycles. The third-order valence-electron chi connectivity index (χ3n) is 4.42. The van der Waals surface area contributed by atoms with E-state index in [9.17, 15) is 4.39 Å². The van der Waals surface area contributed by atoms with Gasteiger partial charge in [0.15, 0.2) is 0 Å². The number of halogens is 1. The van der Waals surface area contributed by atoms with Crippen LogP contribution in [0, 0.1) is 5.82 Å². The van der Waals surface area contributed by atoms with Crippen molar-refractivity contribution in [1.82, 2.24) is 10.1 Å². The molecule has 2 heterocycles. The van der Waals surface area contributed by atoms with Crippen LogP contribution < -0.4 is 4.90 Å². The quantitative estimate of drug-likeness (QED) is 0.524. The van der Waals surface area contributed by atoms with Crippen molar-refractivity contribution in [1.29, 1.82) is 0 Å². The van der Waals surface area contributed by atoms with Crippen molar-refractivity contribution in [3.05, 3.63) is 78.1 Å². The molecule has 130 valence electrons. The van der Waals surface area contributed by atoms with E-state index in [-0.39, 0.29) is 5.82 Å². The van der Waals surface area contributed by atoms with E-state index in [1.54, 1.807) is 18.2 Å². The summed E-state index contributed by atoms with van der Waals surface area (Å²) in [6.45, 7) is 0.830. The molecule has 0 N–H and O–H groups in total. The molecule has 4 aromatic rings. The van der Waals surface area contributed by atoms with Gasteiger partial charge in [-0.2, -0.15) is 4.98 Å². The third kappa shape index (κ3) is 3.16. The first-order valence-electron chi connectivity index (χ1n) is 8.49. The predicted molar refractivity (Wildman–Crippen MR) is 101 cm³/mol. The van der Waals surface area contributed by atoms with E-state index in [0.717, 1.165) is 18.8 Å². The summed E-state index contributed by atoms with van der Waals surface area (Å²) in [6, 6.07) is 20.6. The van der Waals surface area contributed by atoms with Crippen molar-refractivity contribution >= 4 is 16.9 Å². The van der Waals surface area contributed by atoms with Gasteiger partial charge in [-0.3, -0.25) is 0 Å². The van der Waals surface area contributed by atoms with Gasteiger partial charge in [-0.15, -0.1) is 0 Å². The third-order valence-corrected chi connectivity index (χ3v) is 4.42. The molecule has 5 heteroatoms. The normalized spacial score (nSPS) is 11.0. The van der Waals surface area contributed by atoms with Gasteiger partial charge >= 0.3 is 0 Å². The lowest BCUT2D eigenvalue weighted by molar-refractivity contribution is 0.451. The molecule has 0 amide bonds. The van der Waals surface area contributed by atoms with Gasteiger partial charge in [0.05, 0.1) is 5.39 Å². The number of fused-ring (bicyclic) bond motifs is 1. The van der Waals surface area contributed by atoms with E-state index >= 15 is 0 Å². The maximum absolute atomic E-state index is 14.0. The molecule has 0 atom stereocenters. The van der Waals surface area contributed by atoms with Crippen LogP contribution in [0.4, 0.5) is 10.2 Å². The zero-order valence-electron chi connectivity index (χ0n) is 14.4. The molecular formula is C21H18FN3O. The fraction of sp³-hybridized carbons (Fsp3) is 0.143. The Balaban J connectivity index is 1.58. The van der Waals surface area contributed by atoms with Crippen LogP contribution in [-0.2, 0) is 6.42 Å². The van der Waals surface area contributed by atoms with Gasteiger partial charge in [0, 0.05) is 19.2 Å². The lowest BCUT2D eigenvalue weighted by Crippen LogP contribution is -2.21. The molecule has 0 aliphatic carbocycles. The number of hydrogen-bond donors (Lipinski definition) is 0. The fourth-order valence-corrected chi connectivity index (χ4v) is 2.93. The van der Waals surface area contributed by atoms with Crippen LogP contribution in [0.2, 0.25) is 0 Å². The first kappa shape index (κ1) is 16.3. The lowest BCUT2D eigenvalue weighted by Gasteiger charge is -2.17. The molecule has 2 aromatic carbocycles. The first-order chi connectivity index (χ1) is 12.7. The topological polar surface area (TPSA) is 42.2 Å². The number of nitrogens with zero attached hydrogens (tertiary/aromatic N) is 3. The molecule has 0 unspecified atom stereocenters. The van der Waals surface area contributed by atoms with Crippen LogP contribution in [-0.4, -0.2) is 23.7 Å². The Morgan fingerprint density at radius 3 is 2.54 bits per heavy atom. The lowest BCUT2D eigenvalue weighted by atomic mass is 10.1. The van der Waals surface area contributed by atoms with Gasteiger partial charge in [0.1, 0.15) is 17.3 Å². The van der Waals surface area contributed by atoms with Crippen LogP contribution in [0.5, 0.6) is 0 Å². The van der Waals surface area contributed by atoms with Gasteiger partial charge < -0.3 is 9.42 Å². The van der Waals surface area contributed by atoms with Gasteiger partial charge in [-0.05, 0) is 36.2 Å². The molecule has 26 heavy (non-hydrogen) atoms. The number of rotatable bonds is 5. The molecule has 0 aliphatic rings. The Morgan fingerprint density at radius 2 is 1.73 bits per heavy atom. The van der Waals surface area contributed by atoms with Crippen molar-refractivity contribution < 1.29 is 8.91 Å². The monoisotopic (exact) mass is 347 g/mol. The van der Waals surface area contributed by atoms with E-state index in [0.29, 0.717) is 22.4 Å². The zero-order valence-corrected chi connectivity index (χ0v) is 14.4. The number of likely N-dealkylation sites (N-methyl/N-ethyl adjacent to an activating group) is 1. The molecule has 0 saturated heterocycles. The second-order valence-electron chi connectivity index (χ2n) is 6.19. The Morgan fingerprint density at radius 1 is 0.962 bits per heavy atom. The van der Waals surface area contributed by atoms with Gasteiger partial charge in [-0.25, -0.2) is 4.39 Å². The number of pyridine rings is 1. The molecule has 4 nitrogen and oxygen atoms in total. The Hall–Kier alpha value is -3.21. The summed E-state index contributed by atoms with van der Waals surface area (Å²) in [7, 11) is 1.99. The van der Waals surface area contributed by atoms with Crippen LogP contribution in [0.3, 0.4) is 0 Å². The van der Waals surface area contributed by atoms with Crippen molar-refractivity contribution in [2.75, 3.05) is 18.5 Å². The fourth-order valence-electron chi connectivity index (χ4n) is 2.93. The number of benzene rings is 2. The number of hydrogen-bond acceptors (Lipinski definition) is 4. The molecule has 4 rings (SSSR count). The predicted octanol–water partition coefficient (Wildman–Crippen LogP) is 4.71. The highest BCUT2D eigenvalue weighted by Crippen LogP contribution is 2.30. The van der Waals surface area contributed by atoms with Gasteiger partial charge in [0.25, 0.3) is 5.71 Å². The van der Waals surface area contributed by atoms with E-state index < -0.39 is 0 Å². The molecule has 0 spiro atoms. The summed E-state index contributed by atoms with van der Waals surface area (Å²) in [4.78, 5) is 6.60. The van der Waals surface area contributed by atoms with E-state index in [1.807, 2.05) is 37.4 Å². The molecular weight excluding hydrogens is 329 g/mol. The molecule has 0 aliphatic heterocycles. The first-order valence-corrected chi connectivity index (χ1v) is 8.49. The SMILES string of the molecule is CN(CCc1ccccc1)c1ccc2c(-c3ccccc3F)noc2n1. The Kier molecular flexibility index (Phi) is 4.35. The van der Waals surface area contributed by atoms with Crippen LogP contribution in [0.25, 0.3) is 22.4 Å². The van der Waals surface area contributed by atoms with Crippen LogP contribution in [0.15, 0.2) is 71.3 Å². The van der Waals surface area contributed by atoms with Gasteiger partial charge in [0.2, 0.25) is 0 Å². The average Bonchev–Trinajstić information content (AvgIpc) is 3.10. The summed E-state index contributed by atoms with van der Waals surface area (Å²) in [6.07, 6.45) is 0.925. The van der Waals surface area contributed by atoms with Crippen LogP contribution >= 0.6 is 0 Å². The molecule has 0 radical (unpaired) electrons. The largest absolute Gasteiger partial charge is 0.359 e. The maximum atomic E-state index is 14.0. The highest BCUT2D eigenvalue weighted by molar-refractivity contribution is 5.90. The summed E-state index contributed by atoms with van der Waals surface area (Å²) < 4.78 is 19.4. The molecule has 0 fully saturated rings. The minimum absolute atomic E-state index is 0.327. The highest BCUT2D eigenvalue weighted by Gasteiger charge is 2.16. The van der Waals surface area contributed by atoms with E-state index in [1.165, 1.54) is 11.6 Å². The minimum Gasteiger partial charge on any atom is -0.359 e. The number of aromatic nitrogens is 2. The highest BCUT2D eigenvalue weighted by atomic mass is 19.1. The molecule has 0 bridgehead atoms. The zero-order chi connectivity index (χ0) is 17.9. The Labute approximate surface area is 150 Å². The summed E-state index contributed by atoms with van der Waals surface area (Å²) in [5.74, 6) is 0.469. The van der Waals surface area contributed by atoms with Crippen LogP contribution in [0.1, 0.15) is 5.56 Å². The Bertz CT molecular complexity index is 1030. The summed E-state index contributed by atoms with van der Waals surface area (Å²) in [5.41, 5.74) is 2.58. The van der Waals surface area contributed by atoms with E-state index in [2.05, 4.69) is 27.2 Å². The second-order valence-corrected chi connectivity index (χ2v) is 6.19. The number of anilines is 1. The average molecular weight is 347 g/mol. The second kappa shape index (κ2) is 6.96. The van der Waals surface area contributed by atoms with Crippen molar-refractivity contribution in [2.24, 2.45) is 0 Å². The maximum Gasteiger partial charge on any atom is 0.260 e. The summed E-state index contributed by atoms with van der Waals surface area (Å²) in [5, 5.41) is 4.73. The standard InChI is InChI=1S/C21H18FN3O/c1-25(14-13-15-7-3-2-4-8-15)19-12-11-17-20(24-26-21(17)23-19)16-9-5-6-10-18(16)22/h2-12H,13-14H2,1H3. The summed E-state index contributed by atoms with van der Waals surface area (Å²) >= 11 is 0.